The van der Waals surface area contributed by atoms with Gasteiger partial charge in [-0.15, -0.1) is 12.4 Å². The lowest BCUT2D eigenvalue weighted by molar-refractivity contribution is -0.134. The lowest BCUT2D eigenvalue weighted by Gasteiger charge is -2.19. The van der Waals surface area contributed by atoms with E-state index in [0.29, 0.717) is 19.8 Å². The van der Waals surface area contributed by atoms with Crippen molar-refractivity contribution in [2.24, 2.45) is 11.7 Å². The molecule has 1 unspecified atom stereocenters. The van der Waals surface area contributed by atoms with Gasteiger partial charge in [-0.3, -0.25) is 4.79 Å². The highest BCUT2D eigenvalue weighted by Crippen LogP contribution is 2.28. The number of halogens is 1. The Morgan fingerprint density at radius 1 is 1.25 bits per heavy atom. The Morgan fingerprint density at radius 3 is 2.65 bits per heavy atom. The number of rotatable bonds is 2. The zero-order valence-corrected chi connectivity index (χ0v) is 12.2. The van der Waals surface area contributed by atoms with Crippen LogP contribution in [0.2, 0.25) is 0 Å². The van der Waals surface area contributed by atoms with E-state index in [9.17, 15) is 4.79 Å². The van der Waals surface area contributed by atoms with Crippen molar-refractivity contribution >= 4 is 18.3 Å². The third kappa shape index (κ3) is 2.97. The van der Waals surface area contributed by atoms with Gasteiger partial charge in [-0.05, 0) is 12.0 Å². The fraction of sp³-hybridized carbons (Fsp3) is 0.533. The molecule has 1 aromatic rings. The fourth-order valence-electron chi connectivity index (χ4n) is 3.05. The molecule has 2 heterocycles. The fourth-order valence-corrected chi connectivity index (χ4v) is 3.05. The van der Waals surface area contributed by atoms with E-state index in [4.69, 9.17) is 10.5 Å². The molecule has 0 aromatic heterocycles. The van der Waals surface area contributed by atoms with Crippen LogP contribution in [-0.4, -0.2) is 43.2 Å². The van der Waals surface area contributed by atoms with E-state index in [-0.39, 0.29) is 36.2 Å². The number of benzene rings is 1. The molecule has 2 fully saturated rings. The second-order valence-corrected chi connectivity index (χ2v) is 5.48. The minimum Gasteiger partial charge on any atom is -0.381 e. The Balaban J connectivity index is 0.00000147. The van der Waals surface area contributed by atoms with Crippen LogP contribution in [-0.2, 0) is 9.53 Å². The summed E-state index contributed by atoms with van der Waals surface area (Å²) in [6, 6.07) is 10.3. The van der Waals surface area contributed by atoms with Crippen molar-refractivity contribution in [3.05, 3.63) is 35.9 Å². The Morgan fingerprint density at radius 2 is 2.00 bits per heavy atom. The number of ether oxygens (including phenoxy) is 1. The lowest BCUT2D eigenvalue weighted by atomic mass is 9.95. The molecule has 0 aliphatic carbocycles. The van der Waals surface area contributed by atoms with Crippen molar-refractivity contribution in [1.82, 2.24) is 4.90 Å². The molecule has 0 spiro atoms. The van der Waals surface area contributed by atoms with Crippen molar-refractivity contribution in [3.8, 4) is 0 Å². The van der Waals surface area contributed by atoms with Crippen molar-refractivity contribution in [2.75, 3.05) is 26.3 Å². The maximum atomic E-state index is 12.4. The van der Waals surface area contributed by atoms with Crippen LogP contribution in [0.3, 0.4) is 0 Å². The zero-order chi connectivity index (χ0) is 13.2. The highest BCUT2D eigenvalue weighted by molar-refractivity contribution is 5.85. The van der Waals surface area contributed by atoms with Crippen LogP contribution < -0.4 is 5.73 Å². The molecule has 3 rings (SSSR count). The molecule has 20 heavy (non-hydrogen) atoms. The number of hydrogen-bond acceptors (Lipinski definition) is 3. The number of nitrogens with two attached hydrogens (primary N) is 1. The van der Waals surface area contributed by atoms with E-state index in [1.54, 1.807) is 0 Å². The zero-order valence-electron chi connectivity index (χ0n) is 11.4. The van der Waals surface area contributed by atoms with Crippen LogP contribution in [0, 0.1) is 5.92 Å². The molecule has 4 nitrogen and oxygen atoms in total. The maximum Gasteiger partial charge on any atom is 0.228 e. The molecule has 2 aliphatic rings. The Hall–Kier alpha value is -1.10. The predicted molar refractivity (Wildman–Crippen MR) is 79.9 cm³/mol. The van der Waals surface area contributed by atoms with Gasteiger partial charge in [-0.1, -0.05) is 30.3 Å². The molecular formula is C15H21ClN2O2. The summed E-state index contributed by atoms with van der Waals surface area (Å²) < 4.78 is 5.30. The van der Waals surface area contributed by atoms with Crippen molar-refractivity contribution in [1.29, 1.82) is 0 Å². The molecule has 2 N–H and O–H groups in total. The van der Waals surface area contributed by atoms with Gasteiger partial charge in [0.25, 0.3) is 0 Å². The van der Waals surface area contributed by atoms with Gasteiger partial charge in [0, 0.05) is 31.7 Å². The van der Waals surface area contributed by atoms with Crippen molar-refractivity contribution < 1.29 is 9.53 Å². The Labute approximate surface area is 125 Å². The van der Waals surface area contributed by atoms with Gasteiger partial charge in [0.2, 0.25) is 5.91 Å². The van der Waals surface area contributed by atoms with E-state index < -0.39 is 0 Å². The van der Waals surface area contributed by atoms with Gasteiger partial charge in [0.15, 0.2) is 0 Å². The van der Waals surface area contributed by atoms with Crippen LogP contribution in [0.1, 0.15) is 17.9 Å². The molecule has 0 bridgehead atoms. The second-order valence-electron chi connectivity index (χ2n) is 5.48. The predicted octanol–water partition coefficient (Wildman–Crippen LogP) is 1.40. The van der Waals surface area contributed by atoms with Gasteiger partial charge >= 0.3 is 0 Å². The first kappa shape index (κ1) is 15.3. The standard InChI is InChI=1S/C15H20N2O2.ClH/c16-14-9-17(15(18)12-6-7-19-10-12)8-13(14)11-4-2-1-3-5-11;/h1-5,12-14H,6-10,16H2;1H/t12?,13-,14+;/m0./s1. The van der Waals surface area contributed by atoms with Gasteiger partial charge in [-0.2, -0.15) is 0 Å². The lowest BCUT2D eigenvalue weighted by Crippen LogP contribution is -2.36. The SMILES string of the molecule is Cl.N[C@@H]1CN(C(=O)C2CCOC2)C[C@H]1c1ccccc1. The summed E-state index contributed by atoms with van der Waals surface area (Å²) in [7, 11) is 0. The van der Waals surface area contributed by atoms with Crippen LogP contribution in [0.15, 0.2) is 30.3 Å². The minimum atomic E-state index is 0. The number of hydrogen-bond donors (Lipinski definition) is 1. The van der Waals surface area contributed by atoms with Crippen molar-refractivity contribution in [2.45, 2.75) is 18.4 Å². The highest BCUT2D eigenvalue weighted by atomic mass is 35.5. The first-order chi connectivity index (χ1) is 9.25. The number of carbonyl (C=O) groups is 1. The van der Waals surface area contributed by atoms with Gasteiger partial charge in [-0.25, -0.2) is 0 Å². The molecule has 110 valence electrons. The smallest absolute Gasteiger partial charge is 0.228 e. The molecule has 0 radical (unpaired) electrons. The molecule has 2 aliphatic heterocycles. The monoisotopic (exact) mass is 296 g/mol. The summed E-state index contributed by atoms with van der Waals surface area (Å²) in [5, 5.41) is 0. The molecule has 2 saturated heterocycles. The summed E-state index contributed by atoms with van der Waals surface area (Å²) in [5.41, 5.74) is 7.44. The molecule has 0 saturated carbocycles. The third-order valence-electron chi connectivity index (χ3n) is 4.18. The average molecular weight is 297 g/mol. The van der Waals surface area contributed by atoms with E-state index in [2.05, 4.69) is 12.1 Å². The number of carbonyl (C=O) groups excluding carboxylic acids is 1. The normalized spacial score (nSPS) is 29.2. The third-order valence-corrected chi connectivity index (χ3v) is 4.18. The van der Waals surface area contributed by atoms with Crippen LogP contribution in [0.25, 0.3) is 0 Å². The summed E-state index contributed by atoms with van der Waals surface area (Å²) in [6.45, 7) is 2.67. The van der Waals surface area contributed by atoms with E-state index in [1.807, 2.05) is 23.1 Å². The van der Waals surface area contributed by atoms with E-state index >= 15 is 0 Å². The van der Waals surface area contributed by atoms with Crippen molar-refractivity contribution in [3.63, 3.8) is 0 Å². The summed E-state index contributed by atoms with van der Waals surface area (Å²) in [4.78, 5) is 14.3. The van der Waals surface area contributed by atoms with Gasteiger partial charge < -0.3 is 15.4 Å². The molecule has 3 atom stereocenters. The first-order valence-corrected chi connectivity index (χ1v) is 6.93. The largest absolute Gasteiger partial charge is 0.381 e. The maximum absolute atomic E-state index is 12.4. The Kier molecular flexibility index (Phi) is 5.02. The number of likely N-dealkylation sites (tertiary alicyclic amines) is 1. The van der Waals surface area contributed by atoms with E-state index in [1.165, 1.54) is 5.56 Å². The number of nitrogens with zero attached hydrogens (tertiary/aromatic N) is 1. The molecular weight excluding hydrogens is 276 g/mol. The quantitative estimate of drug-likeness (QED) is 0.897. The summed E-state index contributed by atoms with van der Waals surface area (Å²) >= 11 is 0. The van der Waals surface area contributed by atoms with Gasteiger partial charge in [0.1, 0.15) is 0 Å². The highest BCUT2D eigenvalue weighted by Gasteiger charge is 2.37. The topological polar surface area (TPSA) is 55.6 Å². The van der Waals surface area contributed by atoms with Crippen LogP contribution in [0.4, 0.5) is 0 Å². The Bertz CT molecular complexity index is 448. The molecule has 1 aromatic carbocycles. The number of amides is 1. The summed E-state index contributed by atoms with van der Waals surface area (Å²) in [6.07, 6.45) is 0.848. The molecule has 5 heteroatoms. The average Bonchev–Trinajstić information content (AvgIpc) is 3.08. The molecule has 1 amide bonds. The first-order valence-electron chi connectivity index (χ1n) is 6.93. The second kappa shape index (κ2) is 6.57. The van der Waals surface area contributed by atoms with Crippen LogP contribution >= 0.6 is 12.4 Å². The van der Waals surface area contributed by atoms with Crippen LogP contribution in [0.5, 0.6) is 0 Å². The van der Waals surface area contributed by atoms with E-state index in [0.717, 1.165) is 13.0 Å². The summed E-state index contributed by atoms with van der Waals surface area (Å²) in [5.74, 6) is 0.514. The van der Waals surface area contributed by atoms with Gasteiger partial charge in [0.05, 0.1) is 12.5 Å². The minimum absolute atomic E-state index is 0.